The van der Waals surface area contributed by atoms with E-state index >= 15 is 0 Å². The summed E-state index contributed by atoms with van der Waals surface area (Å²) in [5.74, 6) is -2.26. The van der Waals surface area contributed by atoms with E-state index in [-0.39, 0.29) is 128 Å². The van der Waals surface area contributed by atoms with Crippen molar-refractivity contribution in [1.29, 1.82) is 0 Å². The first kappa shape index (κ1) is 50.4. The van der Waals surface area contributed by atoms with Crippen LogP contribution < -0.4 is 136 Å². The number of carbonyl (C=O) groups is 6. The zero-order valence-electron chi connectivity index (χ0n) is 28.7. The second-order valence-corrected chi connectivity index (χ2v) is 9.77. The van der Waals surface area contributed by atoms with E-state index in [9.17, 15) is 24.0 Å². The van der Waals surface area contributed by atoms with E-state index in [0.717, 1.165) is 0 Å². The maximum atomic E-state index is 11.0. The van der Waals surface area contributed by atoms with E-state index in [1.807, 2.05) is 24.3 Å². The molecule has 2 aromatic rings. The number of amides is 4. The van der Waals surface area contributed by atoms with Gasteiger partial charge < -0.3 is 54.4 Å². The Morgan fingerprint density at radius 1 is 0.875 bits per heavy atom. The maximum Gasteiger partial charge on any atom is 1.00 e. The van der Waals surface area contributed by atoms with Gasteiger partial charge in [-0.1, -0.05) is 55.5 Å². The zero-order valence-corrected chi connectivity index (χ0v) is 33.9. The second kappa shape index (κ2) is 29.9. The quantitative estimate of drug-likeness (QED) is 0.0255. The number of carboxylic acid groups (broad SMARTS) is 2. The molecule has 0 aromatic heterocycles. The van der Waals surface area contributed by atoms with Crippen LogP contribution in [0.4, 0.5) is 9.59 Å². The molecule has 0 radical (unpaired) electrons. The number of esters is 1. The van der Waals surface area contributed by atoms with Crippen LogP contribution in [0.2, 0.25) is 0 Å². The van der Waals surface area contributed by atoms with Crippen LogP contribution in [0, 0.1) is 5.92 Å². The molecule has 48 heavy (non-hydrogen) atoms. The van der Waals surface area contributed by atoms with E-state index in [2.05, 4.69) is 39.8 Å². The molecule has 0 spiro atoms. The fraction of sp³-hybridized carbons (Fsp3) is 0.400. The van der Waals surface area contributed by atoms with Crippen molar-refractivity contribution in [3.8, 4) is 11.1 Å². The van der Waals surface area contributed by atoms with Crippen LogP contribution in [-0.4, -0.2) is 72.4 Å². The van der Waals surface area contributed by atoms with Crippen LogP contribution >= 0.6 is 0 Å². The molecule has 10 N–H and O–H groups in total. The van der Waals surface area contributed by atoms with E-state index in [4.69, 9.17) is 42.2 Å². The Balaban J connectivity index is -0.000000294. The molecule has 256 valence electrons. The van der Waals surface area contributed by atoms with Gasteiger partial charge in [0.05, 0.1) is 5.92 Å². The molecule has 1 aliphatic carbocycles. The first-order valence-electron chi connectivity index (χ1n) is 14.1. The minimum atomic E-state index is -1.03. The van der Waals surface area contributed by atoms with Gasteiger partial charge in [-0.2, -0.15) is 0 Å². The number of rotatable bonds is 13. The Morgan fingerprint density at radius 2 is 1.29 bits per heavy atom. The summed E-state index contributed by atoms with van der Waals surface area (Å²) < 4.78 is 5.20. The summed E-state index contributed by atoms with van der Waals surface area (Å²) in [5, 5.41) is 30.0. The van der Waals surface area contributed by atoms with Gasteiger partial charge >= 0.3 is 133 Å². The average Bonchev–Trinajstić information content (AvgIpc) is 3.34. The predicted molar refractivity (Wildman–Crippen MR) is 165 cm³/mol. The predicted octanol–water partition coefficient (Wildman–Crippen LogP) is -5.08. The molecule has 1 aliphatic rings. The van der Waals surface area contributed by atoms with E-state index in [1.165, 1.54) is 29.2 Å². The molecule has 4 amide bonds. The summed E-state index contributed by atoms with van der Waals surface area (Å²) >= 11 is 0. The summed E-state index contributed by atoms with van der Waals surface area (Å²) in [6, 6.07) is 14.6. The first-order chi connectivity index (χ1) is 21.8. The van der Waals surface area contributed by atoms with Gasteiger partial charge in [0, 0.05) is 25.9 Å². The van der Waals surface area contributed by atoms with Crippen LogP contribution in [0.5, 0.6) is 0 Å². The van der Waals surface area contributed by atoms with Crippen molar-refractivity contribution in [2.45, 2.75) is 51.5 Å². The minimum Gasteiger partial charge on any atom is -1.00 e. The summed E-state index contributed by atoms with van der Waals surface area (Å²) in [6.07, 6.45) is 2.03. The molecule has 0 unspecified atom stereocenters. The number of benzene rings is 2. The van der Waals surface area contributed by atoms with Gasteiger partial charge in [0.15, 0.2) is 0 Å². The number of aliphatic carboxylic acids is 2. The van der Waals surface area contributed by atoms with Gasteiger partial charge in [-0.25, -0.2) is 9.59 Å². The van der Waals surface area contributed by atoms with Crippen LogP contribution in [0.1, 0.15) is 58.0 Å². The molecule has 16 nitrogen and oxygen atoms in total. The average molecular weight is 728 g/mol. The summed E-state index contributed by atoms with van der Waals surface area (Å²) in [5.41, 5.74) is 19.8. The Morgan fingerprint density at radius 3 is 1.65 bits per heavy atom. The van der Waals surface area contributed by atoms with Crippen molar-refractivity contribution < 1.29 is 158 Å². The van der Waals surface area contributed by atoms with Crippen LogP contribution in [0.25, 0.3) is 11.1 Å². The largest absolute Gasteiger partial charge is 1.00 e. The number of carbonyl (C=O) groups excluding carboxylic acids is 4. The van der Waals surface area contributed by atoms with Crippen molar-refractivity contribution in [3.63, 3.8) is 0 Å². The Hall–Kier alpha value is -1.95. The Labute approximate surface area is 365 Å². The fourth-order valence-electron chi connectivity index (χ4n) is 4.04. The van der Waals surface area contributed by atoms with E-state index in [1.54, 1.807) is 6.92 Å². The number of carboxylic acids is 2. The smallest absolute Gasteiger partial charge is 1.00 e. The maximum absolute atomic E-state index is 11.0. The number of urea groups is 2. The SMILES string of the molecule is CC(=O)OCC1c2ccccc2-c2ccccc21.C[C@@H](CCCNC(N)=O)C(=O)O.NC(=O)NCCC[C@H](N)C(=O)O.O=CO[O-].[H-].[K+].[K+]. The number of nitrogens with one attached hydrogen (secondary N) is 2. The summed E-state index contributed by atoms with van der Waals surface area (Å²) in [7, 11) is 0. The molecule has 0 heterocycles. The van der Waals surface area contributed by atoms with Crippen molar-refractivity contribution in [2.75, 3.05) is 19.7 Å². The second-order valence-electron chi connectivity index (χ2n) is 9.77. The standard InChI is InChI=1S/C16H14O2.C7H14N2O3.C6H13N3O3.CH2O3.2K.H/c1-11(17)18-10-16-14-8-4-2-6-12(14)13-7-3-5-9-15(13)16;1-5(6(10)11)3-2-4-9-7(8)12;7-4(5(10)11)2-1-3-9-6(8)12;2-1-4-3;;;/h2-9,16H,10H2,1H3;5H,2-4H2,1H3,(H,10,11)(H3,8,9,12);4H,1-3,7H2,(H,10,11)(H3,8,9,12);1,3H;;;/q;;;;2*+1;-1/p-1/t;5-;4-;;;;/m.00..../s1. The van der Waals surface area contributed by atoms with Gasteiger partial charge in [-0.05, 0) is 47.9 Å². The Kier molecular flexibility index (Phi) is 31.4. The van der Waals surface area contributed by atoms with Gasteiger partial charge in [0.1, 0.15) is 12.6 Å². The normalized spacial score (nSPS) is 11.3. The van der Waals surface area contributed by atoms with Crippen molar-refractivity contribution >= 4 is 36.4 Å². The van der Waals surface area contributed by atoms with Gasteiger partial charge in [-0.15, -0.1) is 0 Å². The molecular weight excluding hydrogens is 685 g/mol. The molecule has 0 bridgehead atoms. The number of ether oxygens (including phenoxy) is 1. The molecule has 0 fully saturated rings. The molecular formula is C30H43K2N5O11. The third kappa shape index (κ3) is 22.6. The fourth-order valence-corrected chi connectivity index (χ4v) is 4.04. The number of nitrogens with two attached hydrogens (primary N) is 3. The monoisotopic (exact) mass is 727 g/mol. The molecule has 0 aliphatic heterocycles. The van der Waals surface area contributed by atoms with E-state index < -0.39 is 30.0 Å². The number of primary amides is 2. The van der Waals surface area contributed by atoms with Gasteiger partial charge in [0.25, 0.3) is 6.47 Å². The zero-order chi connectivity index (χ0) is 35.1. The molecule has 0 saturated carbocycles. The van der Waals surface area contributed by atoms with Crippen molar-refractivity contribution in [3.05, 3.63) is 59.7 Å². The summed E-state index contributed by atoms with van der Waals surface area (Å²) in [6.45, 7) is 4.12. The van der Waals surface area contributed by atoms with Crippen LogP contribution in [0.3, 0.4) is 0 Å². The number of hydrogen-bond acceptors (Lipinski definition) is 10. The number of fused-ring (bicyclic) bond motifs is 3. The summed E-state index contributed by atoms with van der Waals surface area (Å²) in [4.78, 5) is 63.1. The van der Waals surface area contributed by atoms with Crippen LogP contribution in [0.15, 0.2) is 48.5 Å². The van der Waals surface area contributed by atoms with E-state index in [0.29, 0.717) is 45.4 Å². The van der Waals surface area contributed by atoms with Crippen LogP contribution in [-0.2, 0) is 28.8 Å². The topological polar surface area (TPSA) is 287 Å². The Bertz CT molecular complexity index is 1210. The van der Waals surface area contributed by atoms with Gasteiger partial charge in [0.2, 0.25) is 0 Å². The third-order valence-electron chi connectivity index (χ3n) is 6.30. The molecule has 2 atom stereocenters. The molecule has 3 rings (SSSR count). The molecule has 2 aromatic carbocycles. The molecule has 18 heteroatoms. The third-order valence-corrected chi connectivity index (χ3v) is 6.30. The first-order valence-corrected chi connectivity index (χ1v) is 14.1. The van der Waals surface area contributed by atoms with Gasteiger partial charge in [-0.3, -0.25) is 19.2 Å². The number of hydrogen-bond donors (Lipinski definition) is 7. The minimum absolute atomic E-state index is 0. The molecule has 0 saturated heterocycles. The van der Waals surface area contributed by atoms with Crippen molar-refractivity contribution in [2.24, 2.45) is 23.1 Å². The van der Waals surface area contributed by atoms with Crippen molar-refractivity contribution in [1.82, 2.24) is 10.6 Å².